The van der Waals surface area contributed by atoms with Crippen LogP contribution in [0, 0.1) is 0 Å². The number of hydrogen-bond donors (Lipinski definition) is 3. The Morgan fingerprint density at radius 3 is 2.71 bits per heavy atom. The first-order valence-corrected chi connectivity index (χ1v) is 6.90. The van der Waals surface area contributed by atoms with Crippen LogP contribution in [0.3, 0.4) is 0 Å². The molecule has 1 amide bonds. The van der Waals surface area contributed by atoms with Gasteiger partial charge in [0, 0.05) is 17.7 Å². The second-order valence-electron chi connectivity index (χ2n) is 6.52. The highest BCUT2D eigenvalue weighted by atomic mass is 16.5. The third-order valence-electron chi connectivity index (χ3n) is 3.59. The van der Waals surface area contributed by atoms with E-state index in [0.29, 0.717) is 13.0 Å². The van der Waals surface area contributed by atoms with Crippen LogP contribution in [0.1, 0.15) is 49.8 Å². The summed E-state index contributed by atoms with van der Waals surface area (Å²) in [6.07, 6.45) is 0.330. The van der Waals surface area contributed by atoms with Gasteiger partial charge in [-0.3, -0.25) is 14.7 Å². The van der Waals surface area contributed by atoms with Crippen LogP contribution in [0.25, 0.3) is 0 Å². The summed E-state index contributed by atoms with van der Waals surface area (Å²) in [5, 5.41) is 18.6. The van der Waals surface area contributed by atoms with Crippen molar-refractivity contribution in [2.45, 2.75) is 44.6 Å². The lowest BCUT2D eigenvalue weighted by Crippen LogP contribution is -2.50. The predicted molar refractivity (Wildman–Crippen MR) is 75.2 cm³/mol. The van der Waals surface area contributed by atoms with Crippen LogP contribution in [0.4, 0.5) is 0 Å². The van der Waals surface area contributed by atoms with Crippen molar-refractivity contribution in [3.63, 3.8) is 0 Å². The Kier molecular flexibility index (Phi) is 4.04. The van der Waals surface area contributed by atoms with Crippen LogP contribution < -0.4 is 5.32 Å². The minimum Gasteiger partial charge on any atom is -0.481 e. The van der Waals surface area contributed by atoms with Crippen LogP contribution in [0.2, 0.25) is 0 Å². The monoisotopic (exact) mass is 295 g/mol. The molecule has 1 fully saturated rings. The number of carboxylic acid groups (broad SMARTS) is 1. The van der Waals surface area contributed by atoms with E-state index < -0.39 is 11.5 Å². The Balaban J connectivity index is 2.12. The molecule has 0 spiro atoms. The number of aromatic amines is 1. The molecule has 1 aromatic rings. The van der Waals surface area contributed by atoms with Gasteiger partial charge in [-0.1, -0.05) is 20.8 Å². The second kappa shape index (κ2) is 5.48. The van der Waals surface area contributed by atoms with Gasteiger partial charge in [-0.2, -0.15) is 5.10 Å². The van der Waals surface area contributed by atoms with Gasteiger partial charge < -0.3 is 15.2 Å². The third-order valence-corrected chi connectivity index (χ3v) is 3.59. The molecule has 7 heteroatoms. The van der Waals surface area contributed by atoms with E-state index in [1.165, 1.54) is 0 Å². The smallest absolute Gasteiger partial charge is 0.305 e. The average Bonchev–Trinajstić information content (AvgIpc) is 2.95. The SMILES string of the molecule is CC(C)(C)c1cc(C(=O)NC2(CC(=O)O)CCOC2)n[nH]1. The van der Waals surface area contributed by atoms with Crippen molar-refractivity contribution in [1.82, 2.24) is 15.5 Å². The van der Waals surface area contributed by atoms with Crippen molar-refractivity contribution in [3.8, 4) is 0 Å². The Labute approximate surface area is 123 Å². The van der Waals surface area contributed by atoms with Gasteiger partial charge in [0.25, 0.3) is 5.91 Å². The first-order valence-electron chi connectivity index (χ1n) is 6.90. The molecule has 2 heterocycles. The number of carbonyl (C=O) groups is 2. The number of carbonyl (C=O) groups excluding carboxylic acids is 1. The van der Waals surface area contributed by atoms with Crippen LogP contribution in [-0.4, -0.2) is 45.9 Å². The van der Waals surface area contributed by atoms with Gasteiger partial charge in [-0.05, 0) is 12.5 Å². The van der Waals surface area contributed by atoms with E-state index in [9.17, 15) is 9.59 Å². The van der Waals surface area contributed by atoms with Crippen LogP contribution in [0.15, 0.2) is 6.07 Å². The van der Waals surface area contributed by atoms with Gasteiger partial charge >= 0.3 is 5.97 Å². The maximum atomic E-state index is 12.3. The highest BCUT2D eigenvalue weighted by Gasteiger charge is 2.39. The van der Waals surface area contributed by atoms with Gasteiger partial charge in [-0.15, -0.1) is 0 Å². The molecule has 0 saturated carbocycles. The van der Waals surface area contributed by atoms with E-state index in [1.54, 1.807) is 6.07 Å². The summed E-state index contributed by atoms with van der Waals surface area (Å²) in [6.45, 7) is 6.69. The van der Waals surface area contributed by atoms with Gasteiger partial charge in [0.15, 0.2) is 0 Å². The zero-order chi connectivity index (χ0) is 15.7. The third kappa shape index (κ3) is 3.60. The largest absolute Gasteiger partial charge is 0.481 e. The topological polar surface area (TPSA) is 104 Å². The van der Waals surface area contributed by atoms with Crippen molar-refractivity contribution in [2.24, 2.45) is 0 Å². The highest BCUT2D eigenvalue weighted by molar-refractivity contribution is 5.93. The van der Waals surface area contributed by atoms with E-state index in [4.69, 9.17) is 9.84 Å². The summed E-state index contributed by atoms with van der Waals surface area (Å²) in [5.74, 6) is -1.34. The number of nitrogens with one attached hydrogen (secondary N) is 2. The molecule has 1 unspecified atom stereocenters. The van der Waals surface area contributed by atoms with Crippen LogP contribution >= 0.6 is 0 Å². The fourth-order valence-electron chi connectivity index (χ4n) is 2.31. The first kappa shape index (κ1) is 15.5. The minimum atomic E-state index is -0.960. The average molecular weight is 295 g/mol. The molecule has 1 aromatic heterocycles. The number of rotatable bonds is 4. The summed E-state index contributed by atoms with van der Waals surface area (Å²) in [4.78, 5) is 23.3. The second-order valence-corrected chi connectivity index (χ2v) is 6.52. The lowest BCUT2D eigenvalue weighted by atomic mass is 9.92. The number of H-pyrrole nitrogens is 1. The molecule has 2 rings (SSSR count). The first-order chi connectivity index (χ1) is 9.72. The van der Waals surface area contributed by atoms with Crippen molar-refractivity contribution < 1.29 is 19.4 Å². The van der Waals surface area contributed by atoms with E-state index in [-0.39, 0.29) is 30.0 Å². The Morgan fingerprint density at radius 1 is 1.52 bits per heavy atom. The molecule has 0 aliphatic carbocycles. The number of aromatic nitrogens is 2. The van der Waals surface area contributed by atoms with E-state index in [1.807, 2.05) is 20.8 Å². The number of ether oxygens (including phenoxy) is 1. The lowest BCUT2D eigenvalue weighted by molar-refractivity contribution is -0.138. The number of carboxylic acids is 1. The van der Waals surface area contributed by atoms with Gasteiger partial charge in [0.2, 0.25) is 0 Å². The Bertz CT molecular complexity index is 539. The molecule has 7 nitrogen and oxygen atoms in total. The van der Waals surface area contributed by atoms with Crippen molar-refractivity contribution >= 4 is 11.9 Å². The van der Waals surface area contributed by atoms with Gasteiger partial charge in [0.1, 0.15) is 5.69 Å². The predicted octanol–water partition coefficient (Wildman–Crippen LogP) is 1.07. The molecule has 1 atom stereocenters. The summed E-state index contributed by atoms with van der Waals surface area (Å²) in [5.41, 5.74) is 0.129. The molecule has 21 heavy (non-hydrogen) atoms. The van der Waals surface area contributed by atoms with E-state index >= 15 is 0 Å². The maximum Gasteiger partial charge on any atom is 0.305 e. The highest BCUT2D eigenvalue weighted by Crippen LogP contribution is 2.24. The zero-order valence-electron chi connectivity index (χ0n) is 12.5. The molecule has 116 valence electrons. The molecule has 0 radical (unpaired) electrons. The lowest BCUT2D eigenvalue weighted by Gasteiger charge is -2.26. The molecule has 0 bridgehead atoms. The maximum absolute atomic E-state index is 12.3. The Hall–Kier alpha value is -1.89. The molecule has 1 aliphatic heterocycles. The van der Waals surface area contributed by atoms with Crippen LogP contribution in [0.5, 0.6) is 0 Å². The number of hydrogen-bond acceptors (Lipinski definition) is 4. The number of aliphatic carboxylic acids is 1. The minimum absolute atomic E-state index is 0.138. The molecule has 3 N–H and O–H groups in total. The summed E-state index contributed by atoms with van der Waals surface area (Å²) in [7, 11) is 0. The standard InChI is InChI=1S/C14H21N3O4/c1-13(2,3)10-6-9(16-17-10)12(20)15-14(7-11(18)19)4-5-21-8-14/h6H,4-5,7-8H2,1-3H3,(H,15,20)(H,16,17)(H,18,19). The van der Waals surface area contributed by atoms with Crippen LogP contribution in [-0.2, 0) is 14.9 Å². The summed E-state index contributed by atoms with van der Waals surface area (Å²) < 4.78 is 5.25. The molecular formula is C14H21N3O4. The van der Waals surface area contributed by atoms with Gasteiger partial charge in [0.05, 0.1) is 18.6 Å². The zero-order valence-corrected chi connectivity index (χ0v) is 12.5. The van der Waals surface area contributed by atoms with Crippen molar-refractivity contribution in [2.75, 3.05) is 13.2 Å². The van der Waals surface area contributed by atoms with Gasteiger partial charge in [-0.25, -0.2) is 0 Å². The number of nitrogens with zero attached hydrogens (tertiary/aromatic N) is 1. The summed E-state index contributed by atoms with van der Waals surface area (Å²) >= 11 is 0. The quantitative estimate of drug-likeness (QED) is 0.770. The molecule has 0 aromatic carbocycles. The van der Waals surface area contributed by atoms with Crippen molar-refractivity contribution in [1.29, 1.82) is 0 Å². The molecule has 1 saturated heterocycles. The van der Waals surface area contributed by atoms with Crippen molar-refractivity contribution in [3.05, 3.63) is 17.5 Å². The van der Waals surface area contributed by atoms with E-state index in [2.05, 4.69) is 15.5 Å². The Morgan fingerprint density at radius 2 is 2.24 bits per heavy atom. The molecule has 1 aliphatic rings. The number of amides is 1. The normalized spacial score (nSPS) is 22.2. The molecular weight excluding hydrogens is 274 g/mol. The summed E-state index contributed by atoms with van der Waals surface area (Å²) in [6, 6.07) is 1.69. The van der Waals surface area contributed by atoms with E-state index in [0.717, 1.165) is 5.69 Å². The fourth-order valence-corrected chi connectivity index (χ4v) is 2.31. The fraction of sp³-hybridized carbons (Fsp3) is 0.643.